The third-order valence-electron chi connectivity index (χ3n) is 3.64. The number of nitrogens with one attached hydrogen (secondary N) is 1. The molecule has 0 aromatic carbocycles. The van der Waals surface area contributed by atoms with Crippen LogP contribution in [0.2, 0.25) is 0 Å². The van der Waals surface area contributed by atoms with Gasteiger partial charge < -0.3 is 14.2 Å². The van der Waals surface area contributed by atoms with Crippen LogP contribution in [0.1, 0.15) is 27.0 Å². The first-order valence-electron chi connectivity index (χ1n) is 7.14. The van der Waals surface area contributed by atoms with E-state index >= 15 is 4.39 Å². The van der Waals surface area contributed by atoms with Crippen LogP contribution in [-0.2, 0) is 23.8 Å². The Morgan fingerprint density at radius 1 is 1.40 bits per heavy atom. The van der Waals surface area contributed by atoms with Crippen molar-refractivity contribution in [1.82, 2.24) is 9.55 Å². The maximum atomic E-state index is 15.3. The molecule has 1 N–H and O–H groups in total. The van der Waals surface area contributed by atoms with Gasteiger partial charge in [-0.2, -0.15) is 0 Å². The van der Waals surface area contributed by atoms with E-state index in [1.807, 2.05) is 4.98 Å². The van der Waals surface area contributed by atoms with E-state index in [1.165, 1.54) is 6.92 Å². The fourth-order valence-electron chi connectivity index (χ4n) is 2.75. The number of carbonyl (C=O) groups is 2. The van der Waals surface area contributed by atoms with E-state index < -0.39 is 47.0 Å². The van der Waals surface area contributed by atoms with Crippen molar-refractivity contribution in [2.45, 2.75) is 44.6 Å². The molecular formula is C14H16FIN2O7. The zero-order valence-electron chi connectivity index (χ0n) is 13.6. The molecule has 2 rings (SSSR count). The van der Waals surface area contributed by atoms with Crippen molar-refractivity contribution in [2.75, 3.05) is 4.43 Å². The highest BCUT2D eigenvalue weighted by atomic mass is 127. The number of hydrogen-bond acceptors (Lipinski definition) is 7. The van der Waals surface area contributed by atoms with Gasteiger partial charge in [-0.25, -0.2) is 9.18 Å². The second-order valence-electron chi connectivity index (χ2n) is 5.67. The van der Waals surface area contributed by atoms with E-state index in [0.717, 1.165) is 30.7 Å². The Morgan fingerprint density at radius 3 is 2.52 bits per heavy atom. The van der Waals surface area contributed by atoms with Gasteiger partial charge in [0.1, 0.15) is 0 Å². The van der Waals surface area contributed by atoms with E-state index in [-0.39, 0.29) is 4.43 Å². The van der Waals surface area contributed by atoms with Gasteiger partial charge in [0, 0.05) is 26.1 Å². The minimum atomic E-state index is -2.52. The SMILES string of the molecule is CC(=O)O[C@H]1[C@@](C)(OC(C)=O)[C@H](n2ccc(=O)[nH]c2=O)O[C@]1(F)CI. The summed E-state index contributed by atoms with van der Waals surface area (Å²) in [6, 6.07) is 1.03. The first-order valence-corrected chi connectivity index (χ1v) is 8.67. The van der Waals surface area contributed by atoms with Crippen molar-refractivity contribution >= 4 is 34.5 Å². The van der Waals surface area contributed by atoms with Crippen molar-refractivity contribution in [1.29, 1.82) is 0 Å². The molecule has 9 nitrogen and oxygen atoms in total. The third kappa shape index (κ3) is 3.61. The highest BCUT2D eigenvalue weighted by molar-refractivity contribution is 14.1. The first-order chi connectivity index (χ1) is 11.5. The van der Waals surface area contributed by atoms with Gasteiger partial charge in [-0.05, 0) is 6.92 Å². The lowest BCUT2D eigenvalue weighted by molar-refractivity contribution is -0.192. The molecule has 11 heteroatoms. The first kappa shape index (κ1) is 19.6. The number of rotatable bonds is 4. The molecular weight excluding hydrogens is 454 g/mol. The normalized spacial score (nSPS) is 31.6. The number of carbonyl (C=O) groups excluding carboxylic acids is 2. The molecule has 0 amide bonds. The standard InChI is InChI=1S/C14H16FIN2O7/c1-7(19)23-10-13(3,24-8(2)20)11(25-14(10,15)6-16)18-5-4-9(21)17-12(18)22/h4-5,10-11H,6H2,1-3H3,(H,17,21,22)/t10-,11+,13+,14+/m0/s1. The number of H-pyrrole nitrogens is 1. The van der Waals surface area contributed by atoms with Gasteiger partial charge in [-0.15, -0.1) is 0 Å². The molecule has 4 atom stereocenters. The van der Waals surface area contributed by atoms with E-state index in [9.17, 15) is 19.2 Å². The van der Waals surface area contributed by atoms with Crippen LogP contribution in [0.15, 0.2) is 21.9 Å². The molecule has 1 aliphatic heterocycles. The summed E-state index contributed by atoms with van der Waals surface area (Å²) in [6.45, 7) is 3.45. The fraction of sp³-hybridized carbons (Fsp3) is 0.571. The Morgan fingerprint density at radius 2 is 2.04 bits per heavy atom. The Bertz CT molecular complexity index is 809. The summed E-state index contributed by atoms with van der Waals surface area (Å²) in [7, 11) is 0. The summed E-state index contributed by atoms with van der Waals surface area (Å²) in [5.74, 6) is -4.12. The molecule has 1 aromatic rings. The summed E-state index contributed by atoms with van der Waals surface area (Å²) >= 11 is 1.68. The number of aromatic nitrogens is 2. The van der Waals surface area contributed by atoms with Crippen molar-refractivity contribution in [2.24, 2.45) is 0 Å². The van der Waals surface area contributed by atoms with Crippen molar-refractivity contribution in [3.8, 4) is 0 Å². The molecule has 0 spiro atoms. The average Bonchev–Trinajstić information content (AvgIpc) is 2.69. The van der Waals surface area contributed by atoms with E-state index in [1.54, 1.807) is 22.6 Å². The van der Waals surface area contributed by atoms with Crippen molar-refractivity contribution in [3.63, 3.8) is 0 Å². The number of aromatic amines is 1. The maximum Gasteiger partial charge on any atom is 0.330 e. The second-order valence-corrected chi connectivity index (χ2v) is 6.44. The zero-order chi connectivity index (χ0) is 19.0. The second kappa shape index (κ2) is 6.86. The molecule has 0 unspecified atom stereocenters. The van der Waals surface area contributed by atoms with Crippen LogP contribution >= 0.6 is 22.6 Å². The zero-order valence-corrected chi connectivity index (χ0v) is 15.7. The summed E-state index contributed by atoms with van der Waals surface area (Å²) < 4.78 is 31.5. The molecule has 0 bridgehead atoms. The average molecular weight is 470 g/mol. The molecule has 0 saturated carbocycles. The minimum absolute atomic E-state index is 0.270. The van der Waals surface area contributed by atoms with E-state index in [2.05, 4.69) is 0 Å². The number of esters is 2. The van der Waals surface area contributed by atoms with Gasteiger partial charge in [0.25, 0.3) is 11.4 Å². The van der Waals surface area contributed by atoms with Crippen LogP contribution in [0.4, 0.5) is 4.39 Å². The lowest BCUT2D eigenvalue weighted by Gasteiger charge is -2.34. The Balaban J connectivity index is 2.64. The largest absolute Gasteiger partial charge is 0.452 e. The Labute approximate surface area is 154 Å². The predicted octanol–water partition coefficient (Wildman–Crippen LogP) is 0.420. The lowest BCUT2D eigenvalue weighted by atomic mass is 9.94. The molecule has 1 saturated heterocycles. The summed E-state index contributed by atoms with van der Waals surface area (Å²) in [5.41, 5.74) is -3.40. The summed E-state index contributed by atoms with van der Waals surface area (Å²) in [5, 5.41) is 0. The number of alkyl halides is 2. The van der Waals surface area contributed by atoms with Crippen LogP contribution in [0.5, 0.6) is 0 Å². The topological polar surface area (TPSA) is 117 Å². The van der Waals surface area contributed by atoms with Crippen LogP contribution < -0.4 is 11.2 Å². The molecule has 1 fully saturated rings. The molecule has 0 radical (unpaired) electrons. The fourth-order valence-corrected chi connectivity index (χ4v) is 3.33. The molecule has 1 aliphatic rings. The molecule has 138 valence electrons. The number of nitrogens with zero attached hydrogens (tertiary/aromatic N) is 1. The van der Waals surface area contributed by atoms with Gasteiger partial charge in [0.05, 0.1) is 4.43 Å². The molecule has 25 heavy (non-hydrogen) atoms. The van der Waals surface area contributed by atoms with Gasteiger partial charge in [0.15, 0.2) is 11.8 Å². The molecule has 2 heterocycles. The Hall–Kier alpha value is -1.76. The van der Waals surface area contributed by atoms with Crippen LogP contribution in [0.25, 0.3) is 0 Å². The number of ether oxygens (including phenoxy) is 3. The van der Waals surface area contributed by atoms with Crippen molar-refractivity contribution in [3.05, 3.63) is 33.1 Å². The maximum absolute atomic E-state index is 15.3. The van der Waals surface area contributed by atoms with Gasteiger partial charge in [0.2, 0.25) is 6.10 Å². The molecule has 1 aromatic heterocycles. The van der Waals surface area contributed by atoms with Crippen LogP contribution in [-0.4, -0.2) is 43.5 Å². The molecule has 0 aliphatic carbocycles. The summed E-state index contributed by atoms with van der Waals surface area (Å²) in [6.07, 6.45) is -2.01. The number of hydrogen-bond donors (Lipinski definition) is 1. The highest BCUT2D eigenvalue weighted by Crippen LogP contribution is 2.49. The lowest BCUT2D eigenvalue weighted by Crippen LogP contribution is -2.53. The van der Waals surface area contributed by atoms with Crippen LogP contribution in [0.3, 0.4) is 0 Å². The smallest absolute Gasteiger partial charge is 0.330 e. The minimum Gasteiger partial charge on any atom is -0.452 e. The van der Waals surface area contributed by atoms with Gasteiger partial charge in [-0.1, -0.05) is 22.6 Å². The van der Waals surface area contributed by atoms with E-state index in [0.29, 0.717) is 0 Å². The highest BCUT2D eigenvalue weighted by Gasteiger charge is 2.67. The monoisotopic (exact) mass is 470 g/mol. The quantitative estimate of drug-likeness (QED) is 0.385. The third-order valence-corrected chi connectivity index (χ3v) is 4.68. The predicted molar refractivity (Wildman–Crippen MR) is 89.9 cm³/mol. The van der Waals surface area contributed by atoms with Crippen molar-refractivity contribution < 1.29 is 28.2 Å². The van der Waals surface area contributed by atoms with E-state index in [4.69, 9.17) is 14.2 Å². The van der Waals surface area contributed by atoms with Crippen LogP contribution in [0, 0.1) is 0 Å². The number of halogens is 2. The van der Waals surface area contributed by atoms with Gasteiger partial charge in [-0.3, -0.25) is 23.9 Å². The van der Waals surface area contributed by atoms with Gasteiger partial charge >= 0.3 is 17.6 Å². The Kier molecular flexibility index (Phi) is 5.37. The summed E-state index contributed by atoms with van der Waals surface area (Å²) in [4.78, 5) is 48.3.